The first-order valence-corrected chi connectivity index (χ1v) is 5.77. The molecule has 0 fully saturated rings. The van der Waals surface area contributed by atoms with E-state index in [1.807, 2.05) is 0 Å². The minimum Gasteiger partial charge on any atom is -0.507 e. The van der Waals surface area contributed by atoms with Crippen molar-refractivity contribution in [2.75, 3.05) is 5.75 Å². The Hall–Kier alpha value is -0.920. The van der Waals surface area contributed by atoms with Crippen LogP contribution in [0.3, 0.4) is 0 Å². The molecule has 18 heavy (non-hydrogen) atoms. The Balaban J connectivity index is 3.05. The van der Waals surface area contributed by atoms with Gasteiger partial charge in [0.2, 0.25) is 0 Å². The summed E-state index contributed by atoms with van der Waals surface area (Å²) < 4.78 is 37.6. The maximum atomic E-state index is 12.5. The van der Waals surface area contributed by atoms with Gasteiger partial charge in [-0.2, -0.15) is 25.8 Å². The fraction of sp³-hybridized carbons (Fsp3) is 0.455. The maximum absolute atomic E-state index is 12.5. The quantitative estimate of drug-likeness (QED) is 0.640. The summed E-state index contributed by atoms with van der Waals surface area (Å²) in [4.78, 5) is 0. The second-order valence-electron chi connectivity index (χ2n) is 3.80. The normalized spacial score (nSPS) is 15.4. The van der Waals surface area contributed by atoms with Crippen LogP contribution in [0.5, 0.6) is 5.75 Å². The SMILES string of the molecule is Oc1ccc(C(O)C(O)CCS)cc1C(F)(F)F. The molecule has 3 nitrogen and oxygen atoms in total. The fourth-order valence-electron chi connectivity index (χ4n) is 1.48. The Bertz CT molecular complexity index is 409. The third-order valence-corrected chi connectivity index (χ3v) is 2.72. The van der Waals surface area contributed by atoms with Crippen LogP contribution in [-0.2, 0) is 6.18 Å². The number of hydrogen-bond acceptors (Lipinski definition) is 4. The number of benzene rings is 1. The molecule has 7 heteroatoms. The number of hydrogen-bond donors (Lipinski definition) is 4. The zero-order chi connectivity index (χ0) is 13.9. The minimum absolute atomic E-state index is 0.102. The summed E-state index contributed by atoms with van der Waals surface area (Å²) in [5, 5.41) is 28.3. The zero-order valence-electron chi connectivity index (χ0n) is 9.22. The zero-order valence-corrected chi connectivity index (χ0v) is 10.1. The van der Waals surface area contributed by atoms with Gasteiger partial charge in [0.1, 0.15) is 11.9 Å². The summed E-state index contributed by atoms with van der Waals surface area (Å²) in [6, 6.07) is 2.60. The number of aromatic hydroxyl groups is 1. The summed E-state index contributed by atoms with van der Waals surface area (Å²) in [5.41, 5.74) is -1.34. The van der Waals surface area contributed by atoms with Gasteiger partial charge < -0.3 is 15.3 Å². The van der Waals surface area contributed by atoms with Crippen molar-refractivity contribution in [3.8, 4) is 5.75 Å². The van der Waals surface area contributed by atoms with Crippen LogP contribution in [0, 0.1) is 0 Å². The van der Waals surface area contributed by atoms with E-state index < -0.39 is 29.7 Å². The lowest BCUT2D eigenvalue weighted by atomic mass is 10.00. The summed E-state index contributed by atoms with van der Waals surface area (Å²) >= 11 is 3.86. The van der Waals surface area contributed by atoms with Crippen molar-refractivity contribution in [2.24, 2.45) is 0 Å². The molecule has 3 N–H and O–H groups in total. The molecule has 0 aromatic heterocycles. The van der Waals surface area contributed by atoms with Gasteiger partial charge >= 0.3 is 6.18 Å². The highest BCUT2D eigenvalue weighted by atomic mass is 32.1. The van der Waals surface area contributed by atoms with Crippen LogP contribution in [0.15, 0.2) is 18.2 Å². The van der Waals surface area contributed by atoms with Crippen LogP contribution < -0.4 is 0 Å². The molecule has 0 aliphatic heterocycles. The van der Waals surface area contributed by atoms with E-state index in [2.05, 4.69) is 12.6 Å². The van der Waals surface area contributed by atoms with Crippen molar-refractivity contribution >= 4 is 12.6 Å². The van der Waals surface area contributed by atoms with Crippen LogP contribution in [0.4, 0.5) is 13.2 Å². The van der Waals surface area contributed by atoms with E-state index in [9.17, 15) is 23.4 Å². The van der Waals surface area contributed by atoms with Gasteiger partial charge in [-0.25, -0.2) is 0 Å². The first kappa shape index (κ1) is 15.1. The largest absolute Gasteiger partial charge is 0.507 e. The summed E-state index contributed by atoms with van der Waals surface area (Å²) in [6.45, 7) is 0. The van der Waals surface area contributed by atoms with Gasteiger partial charge in [0.25, 0.3) is 0 Å². The monoisotopic (exact) mass is 282 g/mol. The fourth-order valence-corrected chi connectivity index (χ4v) is 1.74. The average molecular weight is 282 g/mol. The molecule has 2 atom stereocenters. The molecule has 0 heterocycles. The van der Waals surface area contributed by atoms with Gasteiger partial charge in [0.05, 0.1) is 11.7 Å². The molecule has 1 rings (SSSR count). The maximum Gasteiger partial charge on any atom is 0.419 e. The van der Waals surface area contributed by atoms with Crippen molar-refractivity contribution in [3.05, 3.63) is 29.3 Å². The number of rotatable bonds is 4. The van der Waals surface area contributed by atoms with E-state index in [1.165, 1.54) is 0 Å². The van der Waals surface area contributed by atoms with Crippen LogP contribution >= 0.6 is 12.6 Å². The van der Waals surface area contributed by atoms with Crippen LogP contribution in [0.2, 0.25) is 0 Å². The average Bonchev–Trinajstić information content (AvgIpc) is 2.27. The molecule has 1 aromatic rings. The molecule has 0 radical (unpaired) electrons. The first-order valence-electron chi connectivity index (χ1n) is 5.14. The topological polar surface area (TPSA) is 60.7 Å². The number of thiol groups is 1. The molecule has 1 aromatic carbocycles. The lowest BCUT2D eigenvalue weighted by molar-refractivity contribution is -0.138. The molecule has 102 valence electrons. The van der Waals surface area contributed by atoms with E-state index in [0.29, 0.717) is 11.8 Å². The highest BCUT2D eigenvalue weighted by Gasteiger charge is 2.34. The van der Waals surface area contributed by atoms with Gasteiger partial charge in [-0.15, -0.1) is 0 Å². The Morgan fingerprint density at radius 1 is 1.22 bits per heavy atom. The molecule has 0 amide bonds. The van der Waals surface area contributed by atoms with Gasteiger partial charge in [-0.3, -0.25) is 0 Å². The van der Waals surface area contributed by atoms with E-state index in [0.717, 1.165) is 12.1 Å². The lowest BCUT2D eigenvalue weighted by Crippen LogP contribution is -2.19. The highest BCUT2D eigenvalue weighted by molar-refractivity contribution is 7.80. The first-order chi connectivity index (χ1) is 8.27. The van der Waals surface area contributed by atoms with Gasteiger partial charge in [-0.05, 0) is 29.9 Å². The van der Waals surface area contributed by atoms with Crippen molar-refractivity contribution in [3.63, 3.8) is 0 Å². The van der Waals surface area contributed by atoms with E-state index >= 15 is 0 Å². The van der Waals surface area contributed by atoms with Crippen molar-refractivity contribution < 1.29 is 28.5 Å². The Kier molecular flexibility index (Phi) is 4.89. The molecular weight excluding hydrogens is 269 g/mol. The van der Waals surface area contributed by atoms with Gasteiger partial charge in [0, 0.05) is 0 Å². The van der Waals surface area contributed by atoms with Crippen molar-refractivity contribution in [1.29, 1.82) is 0 Å². The predicted molar refractivity (Wildman–Crippen MR) is 62.5 cm³/mol. The standard InChI is InChI=1S/C11H13F3O3S/c12-11(13,14)7-5-6(1-2-8(7)15)10(17)9(16)3-4-18/h1-2,5,9-10,15-18H,3-4H2. The van der Waals surface area contributed by atoms with E-state index in [-0.39, 0.29) is 12.0 Å². The third-order valence-electron chi connectivity index (χ3n) is 2.46. The van der Waals surface area contributed by atoms with Crippen LogP contribution in [-0.4, -0.2) is 27.2 Å². The Labute approximate surface area is 107 Å². The minimum atomic E-state index is -4.71. The van der Waals surface area contributed by atoms with Gasteiger partial charge in [-0.1, -0.05) is 6.07 Å². The second-order valence-corrected chi connectivity index (χ2v) is 4.25. The Morgan fingerprint density at radius 3 is 2.33 bits per heavy atom. The van der Waals surface area contributed by atoms with E-state index in [1.54, 1.807) is 0 Å². The molecule has 0 spiro atoms. The molecule has 0 saturated carbocycles. The Morgan fingerprint density at radius 2 is 1.83 bits per heavy atom. The lowest BCUT2D eigenvalue weighted by Gasteiger charge is -2.19. The third kappa shape index (κ3) is 3.54. The summed E-state index contributed by atoms with van der Waals surface area (Å²) in [7, 11) is 0. The van der Waals surface area contributed by atoms with Crippen LogP contribution in [0.1, 0.15) is 23.7 Å². The molecule has 0 bridgehead atoms. The number of phenols is 1. The summed E-state index contributed by atoms with van der Waals surface area (Å²) in [5.74, 6) is -0.621. The molecule has 0 aliphatic rings. The summed E-state index contributed by atoms with van der Waals surface area (Å²) in [6.07, 6.45) is -7.21. The number of aliphatic hydroxyl groups is 2. The van der Waals surface area contributed by atoms with Crippen LogP contribution in [0.25, 0.3) is 0 Å². The number of phenolic OH excluding ortho intramolecular Hbond substituents is 1. The smallest absolute Gasteiger partial charge is 0.419 e. The van der Waals surface area contributed by atoms with Crippen molar-refractivity contribution in [1.82, 2.24) is 0 Å². The van der Waals surface area contributed by atoms with E-state index in [4.69, 9.17) is 5.11 Å². The molecule has 0 saturated heterocycles. The second kappa shape index (κ2) is 5.81. The highest BCUT2D eigenvalue weighted by Crippen LogP contribution is 2.37. The predicted octanol–water partition coefficient (Wildman–Crippen LogP) is 2.13. The molecule has 0 aliphatic carbocycles. The number of alkyl halides is 3. The molecular formula is C11H13F3O3S. The van der Waals surface area contributed by atoms with Gasteiger partial charge in [0.15, 0.2) is 0 Å². The number of aliphatic hydroxyl groups excluding tert-OH is 2. The molecule has 2 unspecified atom stereocenters. The number of halogens is 3. The van der Waals surface area contributed by atoms with Crippen molar-refractivity contribution in [2.45, 2.75) is 24.8 Å².